The fraction of sp³-hybridized carbons (Fsp3) is 0.333. The molecule has 24 nitrogen and oxygen atoms in total. The van der Waals surface area contributed by atoms with Gasteiger partial charge in [-0.15, -0.1) is 68.0 Å². The Labute approximate surface area is 504 Å². The lowest BCUT2D eigenvalue weighted by atomic mass is 10.0. The number of fused-ring (bicyclic) bond motifs is 14. The molecular formula is C54H55N13O11S6. The van der Waals surface area contributed by atoms with Crippen molar-refractivity contribution in [1.82, 2.24) is 66.8 Å². The summed E-state index contributed by atoms with van der Waals surface area (Å²) in [6.07, 6.45) is -1.31. The first-order valence-electron chi connectivity index (χ1n) is 26.0. The number of aliphatic carboxylic acids is 1. The summed E-state index contributed by atoms with van der Waals surface area (Å²) in [7, 11) is 2.93. The number of unbranched alkanes of at least 4 members (excludes halogenated alkanes) is 1. The molecule has 9 rings (SSSR count). The number of alkyl carbamates (subject to hydrolysis) is 1. The van der Waals surface area contributed by atoms with Crippen LogP contribution in [0.5, 0.6) is 0 Å². The van der Waals surface area contributed by atoms with E-state index in [-0.39, 0.29) is 60.6 Å². The van der Waals surface area contributed by atoms with Gasteiger partial charge in [0.15, 0.2) is 0 Å². The Morgan fingerprint density at radius 2 is 1.43 bits per heavy atom. The maximum Gasteiger partial charge on any atom is 0.407 e. The Kier molecular flexibility index (Phi) is 20.0. The van der Waals surface area contributed by atoms with E-state index >= 15 is 0 Å². The molecule has 6 amide bonds. The van der Waals surface area contributed by atoms with Crippen LogP contribution in [0.2, 0.25) is 0 Å². The van der Waals surface area contributed by atoms with Gasteiger partial charge in [0.2, 0.25) is 11.8 Å². The van der Waals surface area contributed by atoms with Gasteiger partial charge in [0.1, 0.15) is 83.0 Å². The highest BCUT2D eigenvalue weighted by molar-refractivity contribution is 7.15. The minimum absolute atomic E-state index is 0.000897. The fourth-order valence-corrected chi connectivity index (χ4v) is 14.0. The first-order chi connectivity index (χ1) is 40.5. The van der Waals surface area contributed by atoms with E-state index in [4.69, 9.17) is 39.5 Å². The number of nitrogens with zero attached hydrogens (tertiary/aromatic N) is 7. The zero-order valence-corrected chi connectivity index (χ0v) is 50.4. The Morgan fingerprint density at radius 1 is 0.702 bits per heavy atom. The van der Waals surface area contributed by atoms with E-state index in [1.165, 1.54) is 70.8 Å². The van der Waals surface area contributed by atoms with Gasteiger partial charge in [0, 0.05) is 59.1 Å². The van der Waals surface area contributed by atoms with E-state index in [1.54, 1.807) is 70.9 Å². The summed E-state index contributed by atoms with van der Waals surface area (Å²) < 4.78 is 10.8. The highest BCUT2D eigenvalue weighted by Gasteiger charge is 2.33. The number of carbonyl (C=O) groups excluding carboxylic acids is 6. The van der Waals surface area contributed by atoms with Gasteiger partial charge in [0.25, 0.3) is 17.7 Å². The number of carbonyl (C=O) groups is 7. The molecule has 8 N–H and O–H groups in total. The van der Waals surface area contributed by atoms with E-state index in [9.17, 15) is 38.7 Å². The van der Waals surface area contributed by atoms with E-state index in [1.807, 2.05) is 13.8 Å². The summed E-state index contributed by atoms with van der Waals surface area (Å²) in [4.78, 5) is 127. The Bertz CT molecular complexity index is 3700. The number of benzene rings is 1. The minimum atomic E-state index is -1.28. The molecule has 1 aliphatic heterocycles. The number of aromatic nitrogens is 7. The molecule has 8 heterocycles. The maximum atomic E-state index is 14.3. The van der Waals surface area contributed by atoms with Crippen LogP contribution in [0.25, 0.3) is 43.4 Å². The third-order valence-corrected chi connectivity index (χ3v) is 18.5. The van der Waals surface area contributed by atoms with E-state index in [0.29, 0.717) is 87.2 Å². The molecule has 438 valence electrons. The number of pyridine rings is 1. The summed E-state index contributed by atoms with van der Waals surface area (Å²) in [5, 5.41) is 46.7. The predicted molar refractivity (Wildman–Crippen MR) is 317 cm³/mol. The minimum Gasteiger partial charge on any atom is -0.481 e. The van der Waals surface area contributed by atoms with Crippen molar-refractivity contribution < 1.29 is 53.2 Å². The molecule has 30 heteroatoms. The number of rotatable bonds is 15. The van der Waals surface area contributed by atoms with Crippen molar-refractivity contribution in [2.45, 2.75) is 83.9 Å². The molecule has 0 saturated carbocycles. The van der Waals surface area contributed by atoms with Crippen molar-refractivity contribution >= 4 is 110 Å². The molecule has 10 bridgehead atoms. The maximum absolute atomic E-state index is 14.3. The number of thiazole rings is 6. The Morgan fingerprint density at radius 3 is 2.19 bits per heavy atom. The fourth-order valence-electron chi connectivity index (χ4n) is 8.47. The van der Waals surface area contributed by atoms with Crippen LogP contribution in [0.15, 0.2) is 64.0 Å². The van der Waals surface area contributed by atoms with Crippen LogP contribution in [0.1, 0.15) is 131 Å². The number of carboxylic acid groups (broad SMARTS) is 1. The lowest BCUT2D eigenvalue weighted by Gasteiger charge is -2.23. The Hall–Kier alpha value is -7.84. The number of amides is 6. The molecule has 84 heavy (non-hydrogen) atoms. The van der Waals surface area contributed by atoms with E-state index in [0.717, 1.165) is 11.3 Å². The lowest BCUT2D eigenvalue weighted by molar-refractivity contribution is -0.137. The lowest BCUT2D eigenvalue weighted by Crippen LogP contribution is -2.40. The van der Waals surface area contributed by atoms with Crippen LogP contribution in [0, 0.1) is 12.8 Å². The smallest absolute Gasteiger partial charge is 0.407 e. The van der Waals surface area contributed by atoms with Gasteiger partial charge in [-0.3, -0.25) is 28.8 Å². The van der Waals surface area contributed by atoms with Crippen molar-refractivity contribution in [1.29, 1.82) is 0 Å². The summed E-state index contributed by atoms with van der Waals surface area (Å²) in [6, 6.07) is 9.47. The number of ether oxygens (including phenoxy) is 2. The molecule has 4 unspecified atom stereocenters. The van der Waals surface area contributed by atoms with Crippen LogP contribution < -0.4 is 31.9 Å². The van der Waals surface area contributed by atoms with Crippen molar-refractivity contribution in [3.63, 3.8) is 0 Å². The molecule has 0 radical (unpaired) electrons. The first kappa shape index (κ1) is 60.7. The van der Waals surface area contributed by atoms with E-state index in [2.05, 4.69) is 41.9 Å². The second kappa shape index (κ2) is 27.7. The topological polar surface area (TPSA) is 341 Å². The number of hydrogen-bond donors (Lipinski definition) is 8. The van der Waals surface area contributed by atoms with Crippen molar-refractivity contribution in [2.75, 3.05) is 27.2 Å². The third kappa shape index (κ3) is 14.7. The van der Waals surface area contributed by atoms with Gasteiger partial charge in [-0.2, -0.15) is 0 Å². The number of hydrogen-bond acceptors (Lipinski definition) is 23. The molecule has 8 aromatic rings. The van der Waals surface area contributed by atoms with Gasteiger partial charge in [-0.25, -0.2) is 39.7 Å². The number of aliphatic hydroxyl groups excluding tert-OH is 1. The van der Waals surface area contributed by atoms with Crippen LogP contribution in [0.3, 0.4) is 0 Å². The third-order valence-electron chi connectivity index (χ3n) is 12.7. The number of aryl methyl sites for hydroxylation is 1. The molecular weight excluding hydrogens is 1200 g/mol. The SMILES string of the molecule is CNC(=O)CC1NC(=O)c2csc(n2)-c2ccc(-c3nc(COC(=O)NCCCCC(=O)O)cs3)nc2-c2csc(n2)-c2csc(n2)C(C(O)c2ccccc2)NC(=O)CNC(=O)c2nc(sc2COC)C(C(C)C)NC(=O)c2nc1sc2C. The summed E-state index contributed by atoms with van der Waals surface area (Å²) in [6.45, 7) is 5.05. The highest BCUT2D eigenvalue weighted by Crippen LogP contribution is 2.40. The zero-order chi connectivity index (χ0) is 59.6. The first-order valence-corrected chi connectivity index (χ1v) is 31.2. The zero-order valence-electron chi connectivity index (χ0n) is 45.5. The molecule has 7 aromatic heterocycles. The summed E-state index contributed by atoms with van der Waals surface area (Å²) in [5.41, 5.74) is 3.15. The van der Waals surface area contributed by atoms with Crippen LogP contribution in [-0.2, 0) is 37.1 Å². The van der Waals surface area contributed by atoms with Gasteiger partial charge in [0.05, 0.1) is 47.9 Å². The van der Waals surface area contributed by atoms with Gasteiger partial charge < -0.3 is 51.6 Å². The molecule has 4 atom stereocenters. The number of aliphatic hydroxyl groups is 1. The molecule has 0 saturated heterocycles. The van der Waals surface area contributed by atoms with Gasteiger partial charge in [-0.1, -0.05) is 44.2 Å². The number of methoxy groups -OCH3 is 1. The average Bonchev–Trinajstić information content (AvgIpc) is 4.07. The normalized spacial score (nSPS) is 16.2. The van der Waals surface area contributed by atoms with E-state index < -0.39 is 72.4 Å². The van der Waals surface area contributed by atoms with Crippen LogP contribution in [-0.4, -0.2) is 114 Å². The molecule has 1 aromatic carbocycles. The van der Waals surface area contributed by atoms with Crippen LogP contribution >= 0.6 is 68.0 Å². The highest BCUT2D eigenvalue weighted by atomic mass is 32.1. The predicted octanol–water partition coefficient (Wildman–Crippen LogP) is 7.79. The molecule has 1 aliphatic rings. The molecule has 0 aliphatic carbocycles. The summed E-state index contributed by atoms with van der Waals surface area (Å²) in [5.74, 6) is -4.07. The summed E-state index contributed by atoms with van der Waals surface area (Å²) >= 11 is 7.19. The van der Waals surface area contributed by atoms with Crippen molar-refractivity contribution in [3.05, 3.63) is 117 Å². The monoisotopic (exact) mass is 1250 g/mol. The second-order valence-corrected chi connectivity index (χ2v) is 24.9. The largest absolute Gasteiger partial charge is 0.481 e. The quantitative estimate of drug-likeness (QED) is 0.0454. The molecule has 0 fully saturated rings. The Balaban J connectivity index is 1.09. The van der Waals surface area contributed by atoms with Gasteiger partial charge in [-0.05, 0) is 43.4 Å². The van der Waals surface area contributed by atoms with Crippen LogP contribution in [0.4, 0.5) is 4.79 Å². The van der Waals surface area contributed by atoms with Crippen molar-refractivity contribution in [2.24, 2.45) is 5.92 Å². The molecule has 0 spiro atoms. The average molecular weight is 1250 g/mol. The van der Waals surface area contributed by atoms with Crippen molar-refractivity contribution in [3.8, 4) is 43.4 Å². The standard InChI is InChI=1S/C54H55N13O11S6/c1-25(2)39-53-67-42(35(84-53)20-77-5)46(74)57-18-37(69)64-43(44(72)27-11-7-6-8-12-27)52-63-34(24-82-52)50-61-32(22-81-50)41-29(14-15-30(59-41)49-58-28(21-79-49)19-78-54(76)56-16-10-9-13-38(70)71)48-62-33(23-80-48)45(73)60-31(17-36(68)55-4)51-66-40(26(3)83-51)47(75)65-39/h6-8,11-12,14-15,21-25,31,39,43-44,72H,9-10,13,16-20H2,1-5H3,(H,55,68)(H,56,76)(H,57,74)(H,60,73)(H,64,69)(H,65,75)(H,70,71). The number of carboxylic acids is 1. The number of nitrogens with one attached hydrogen (secondary N) is 6. The van der Waals surface area contributed by atoms with Gasteiger partial charge >= 0.3 is 12.1 Å². The second-order valence-electron chi connectivity index (χ2n) is 19.1.